The van der Waals surface area contributed by atoms with Gasteiger partial charge in [-0.2, -0.15) is 33.7 Å². The molecule has 0 aliphatic carbocycles. The molecule has 2 amide bonds. The number of hydrogen-bond acceptors (Lipinski definition) is 7. The van der Waals surface area contributed by atoms with Crippen molar-refractivity contribution in [3.8, 4) is 0 Å². The SMILES string of the molecule is C[C@H](S[C@@H](C)C(=O)NN=C1CCSCC1)C(=O)NN=C1CCSCC1. The summed E-state index contributed by atoms with van der Waals surface area (Å²) in [4.78, 5) is 24.3. The Morgan fingerprint density at radius 2 is 1.20 bits per heavy atom. The Morgan fingerprint density at radius 1 is 0.840 bits per heavy atom. The van der Waals surface area contributed by atoms with Gasteiger partial charge in [0.05, 0.1) is 10.5 Å². The van der Waals surface area contributed by atoms with Crippen molar-refractivity contribution >= 4 is 58.5 Å². The van der Waals surface area contributed by atoms with Crippen molar-refractivity contribution in [3.05, 3.63) is 0 Å². The van der Waals surface area contributed by atoms with Gasteiger partial charge in [0.25, 0.3) is 11.8 Å². The highest BCUT2D eigenvalue weighted by Crippen LogP contribution is 2.19. The van der Waals surface area contributed by atoms with Gasteiger partial charge in [-0.3, -0.25) is 9.59 Å². The van der Waals surface area contributed by atoms with Gasteiger partial charge in [0.1, 0.15) is 0 Å². The lowest BCUT2D eigenvalue weighted by Crippen LogP contribution is -2.34. The second kappa shape index (κ2) is 11.1. The van der Waals surface area contributed by atoms with Crippen LogP contribution in [0.5, 0.6) is 0 Å². The van der Waals surface area contributed by atoms with Gasteiger partial charge in [-0.05, 0) is 62.5 Å². The lowest BCUT2D eigenvalue weighted by molar-refractivity contribution is -0.120. The summed E-state index contributed by atoms with van der Waals surface area (Å²) in [6.45, 7) is 3.59. The average molecular weight is 403 g/mol. The molecule has 0 aromatic rings. The van der Waals surface area contributed by atoms with Gasteiger partial charge < -0.3 is 0 Å². The molecule has 0 spiro atoms. The second-order valence-corrected chi connectivity index (χ2v) is 10.1. The summed E-state index contributed by atoms with van der Waals surface area (Å²) in [6.07, 6.45) is 3.74. The molecule has 0 radical (unpaired) electrons. The smallest absolute Gasteiger partial charge is 0.252 e. The maximum absolute atomic E-state index is 12.1. The van der Waals surface area contributed by atoms with Gasteiger partial charge in [-0.1, -0.05) is 0 Å². The summed E-state index contributed by atoms with van der Waals surface area (Å²) >= 11 is 5.14. The van der Waals surface area contributed by atoms with Crippen molar-refractivity contribution in [1.82, 2.24) is 10.9 Å². The summed E-state index contributed by atoms with van der Waals surface area (Å²) in [6, 6.07) is 0. The lowest BCUT2D eigenvalue weighted by atomic mass is 10.2. The van der Waals surface area contributed by atoms with E-state index in [9.17, 15) is 9.59 Å². The highest BCUT2D eigenvalue weighted by Gasteiger charge is 2.22. The zero-order valence-electron chi connectivity index (χ0n) is 14.7. The minimum atomic E-state index is -0.346. The first kappa shape index (κ1) is 20.6. The molecule has 2 atom stereocenters. The molecule has 0 aromatic heterocycles. The van der Waals surface area contributed by atoms with Gasteiger partial charge >= 0.3 is 0 Å². The fourth-order valence-electron chi connectivity index (χ4n) is 2.32. The summed E-state index contributed by atoms with van der Waals surface area (Å²) in [7, 11) is 0. The highest BCUT2D eigenvalue weighted by atomic mass is 32.2. The summed E-state index contributed by atoms with van der Waals surface area (Å²) in [5.41, 5.74) is 7.38. The van der Waals surface area contributed by atoms with Crippen molar-refractivity contribution in [2.45, 2.75) is 50.0 Å². The number of thioether (sulfide) groups is 3. The average Bonchev–Trinajstić information content (AvgIpc) is 2.65. The molecule has 0 unspecified atom stereocenters. The summed E-state index contributed by atoms with van der Waals surface area (Å²) in [5.74, 6) is 3.95. The fourth-order valence-corrected chi connectivity index (χ4v) is 5.21. The van der Waals surface area contributed by atoms with Gasteiger partial charge in [0.15, 0.2) is 0 Å². The molecule has 2 aliphatic heterocycles. The molecule has 2 heterocycles. The molecule has 2 N–H and O–H groups in total. The van der Waals surface area contributed by atoms with Gasteiger partial charge in [-0.25, -0.2) is 10.9 Å². The van der Waals surface area contributed by atoms with E-state index in [1.807, 2.05) is 23.5 Å². The number of rotatable bonds is 6. The second-order valence-electron chi connectivity index (χ2n) is 5.95. The van der Waals surface area contributed by atoms with Crippen LogP contribution in [-0.4, -0.2) is 56.7 Å². The molecular formula is C16H26N4O2S3. The summed E-state index contributed by atoms with van der Waals surface area (Å²) < 4.78 is 0. The van der Waals surface area contributed by atoms with E-state index in [1.54, 1.807) is 13.8 Å². The molecule has 140 valence electrons. The van der Waals surface area contributed by atoms with E-state index >= 15 is 0 Å². The van der Waals surface area contributed by atoms with Crippen molar-refractivity contribution in [2.75, 3.05) is 23.0 Å². The van der Waals surface area contributed by atoms with Crippen LogP contribution in [0, 0.1) is 0 Å². The van der Waals surface area contributed by atoms with Crippen LogP contribution in [-0.2, 0) is 9.59 Å². The molecule has 0 saturated carbocycles. The maximum Gasteiger partial charge on any atom is 0.252 e. The van der Waals surface area contributed by atoms with Crippen molar-refractivity contribution in [3.63, 3.8) is 0 Å². The van der Waals surface area contributed by atoms with Crippen LogP contribution >= 0.6 is 35.3 Å². The third kappa shape index (κ3) is 7.62. The minimum Gasteiger partial charge on any atom is -0.272 e. The first-order valence-electron chi connectivity index (χ1n) is 8.58. The molecule has 0 bridgehead atoms. The van der Waals surface area contributed by atoms with Gasteiger partial charge in [-0.15, -0.1) is 11.8 Å². The highest BCUT2D eigenvalue weighted by molar-refractivity contribution is 8.01. The van der Waals surface area contributed by atoms with Crippen LogP contribution in [0.3, 0.4) is 0 Å². The molecule has 2 rings (SSSR count). The zero-order chi connectivity index (χ0) is 18.1. The van der Waals surface area contributed by atoms with E-state index < -0.39 is 0 Å². The van der Waals surface area contributed by atoms with Crippen LogP contribution in [0.25, 0.3) is 0 Å². The van der Waals surface area contributed by atoms with Crippen molar-refractivity contribution in [1.29, 1.82) is 0 Å². The normalized spacial score (nSPS) is 20.4. The first-order valence-corrected chi connectivity index (χ1v) is 11.8. The van der Waals surface area contributed by atoms with Crippen LogP contribution in [0.4, 0.5) is 0 Å². The van der Waals surface area contributed by atoms with Crippen LogP contribution in [0.15, 0.2) is 10.2 Å². The molecule has 25 heavy (non-hydrogen) atoms. The maximum atomic E-state index is 12.1. The quantitative estimate of drug-likeness (QED) is 0.667. The number of nitrogens with zero attached hydrogens (tertiary/aromatic N) is 2. The Kier molecular flexibility index (Phi) is 9.19. The number of carbonyl (C=O) groups excluding carboxylic acids is 2. The van der Waals surface area contributed by atoms with Crippen LogP contribution in [0.1, 0.15) is 39.5 Å². The van der Waals surface area contributed by atoms with E-state index in [0.29, 0.717) is 0 Å². The standard InChI is InChI=1S/C16H26N4O2S3/c1-11(15(21)19-17-13-3-7-23-8-4-13)25-12(2)16(22)20-18-14-5-9-24-10-6-14/h11-12H,3-10H2,1-2H3,(H,19,21)(H,20,22)/t11-,12-/m0/s1. The van der Waals surface area contributed by atoms with E-state index in [0.717, 1.165) is 60.1 Å². The monoisotopic (exact) mass is 402 g/mol. The Morgan fingerprint density at radius 3 is 1.56 bits per heavy atom. The van der Waals surface area contributed by atoms with E-state index in [4.69, 9.17) is 0 Å². The first-order chi connectivity index (χ1) is 12.1. The molecule has 9 heteroatoms. The number of nitrogens with one attached hydrogen (secondary N) is 2. The Balaban J connectivity index is 1.72. The van der Waals surface area contributed by atoms with E-state index in [2.05, 4.69) is 21.1 Å². The van der Waals surface area contributed by atoms with Crippen molar-refractivity contribution in [2.24, 2.45) is 10.2 Å². The van der Waals surface area contributed by atoms with E-state index in [-0.39, 0.29) is 22.3 Å². The molecule has 2 saturated heterocycles. The van der Waals surface area contributed by atoms with Crippen LogP contribution < -0.4 is 10.9 Å². The van der Waals surface area contributed by atoms with Crippen LogP contribution in [0.2, 0.25) is 0 Å². The molecule has 0 aromatic carbocycles. The number of hydrogen-bond donors (Lipinski definition) is 2. The van der Waals surface area contributed by atoms with Crippen molar-refractivity contribution < 1.29 is 9.59 Å². The minimum absolute atomic E-state index is 0.161. The third-order valence-electron chi connectivity index (χ3n) is 3.94. The largest absolute Gasteiger partial charge is 0.272 e. The topological polar surface area (TPSA) is 82.9 Å². The Hall–Kier alpha value is -0.670. The molecule has 2 aliphatic rings. The Bertz CT molecular complexity index is 477. The molecule has 2 fully saturated rings. The molecule has 6 nitrogen and oxygen atoms in total. The molecular weight excluding hydrogens is 376 g/mol. The number of carbonyl (C=O) groups is 2. The van der Waals surface area contributed by atoms with Gasteiger partial charge in [0.2, 0.25) is 0 Å². The predicted molar refractivity (Wildman–Crippen MR) is 111 cm³/mol. The number of hydrazone groups is 2. The Labute approximate surface area is 162 Å². The number of amides is 2. The van der Waals surface area contributed by atoms with Gasteiger partial charge in [0, 0.05) is 11.4 Å². The lowest BCUT2D eigenvalue weighted by Gasteiger charge is -2.17. The predicted octanol–water partition coefficient (Wildman–Crippen LogP) is 2.50. The van der Waals surface area contributed by atoms with E-state index in [1.165, 1.54) is 11.8 Å². The third-order valence-corrected chi connectivity index (χ3v) is 7.15. The fraction of sp³-hybridized carbons (Fsp3) is 0.750. The zero-order valence-corrected chi connectivity index (χ0v) is 17.2. The summed E-state index contributed by atoms with van der Waals surface area (Å²) in [5, 5.41) is 7.75.